The molecule has 144 valence electrons. The van der Waals surface area contributed by atoms with Gasteiger partial charge in [0.15, 0.2) is 9.84 Å². The Bertz CT molecular complexity index is 932. The van der Waals surface area contributed by atoms with Gasteiger partial charge in [0.2, 0.25) is 0 Å². The number of carboxylic acids is 1. The summed E-state index contributed by atoms with van der Waals surface area (Å²) in [4.78, 5) is 12.3. The average molecular weight is 388 g/mol. The van der Waals surface area contributed by atoms with Crippen molar-refractivity contribution in [2.75, 3.05) is 13.7 Å². The lowest BCUT2D eigenvalue weighted by molar-refractivity contribution is -0.145. The third kappa shape index (κ3) is 3.17. The van der Waals surface area contributed by atoms with E-state index in [0.717, 1.165) is 17.5 Å². The fourth-order valence-electron chi connectivity index (χ4n) is 3.90. The van der Waals surface area contributed by atoms with Crippen LogP contribution < -0.4 is 0 Å². The lowest BCUT2D eigenvalue weighted by Gasteiger charge is -2.12. The van der Waals surface area contributed by atoms with Crippen molar-refractivity contribution in [1.29, 1.82) is 0 Å². The van der Waals surface area contributed by atoms with Gasteiger partial charge in [0, 0.05) is 13.0 Å². The molecule has 2 aromatic carbocycles. The number of benzene rings is 2. The van der Waals surface area contributed by atoms with Crippen molar-refractivity contribution in [3.05, 3.63) is 65.2 Å². The van der Waals surface area contributed by atoms with Crippen molar-refractivity contribution >= 4 is 15.8 Å². The van der Waals surface area contributed by atoms with Gasteiger partial charge in [0.1, 0.15) is 5.41 Å². The fraction of sp³-hybridized carbons (Fsp3) is 0.381. The molecule has 1 saturated carbocycles. The Hall–Kier alpha value is -2.18. The van der Waals surface area contributed by atoms with Gasteiger partial charge in [-0.3, -0.25) is 4.79 Å². The zero-order chi connectivity index (χ0) is 19.8. The summed E-state index contributed by atoms with van der Waals surface area (Å²) in [6.45, 7) is 3.75. The monoisotopic (exact) mass is 388 g/mol. The number of rotatable bonds is 7. The second-order valence-corrected chi connectivity index (χ2v) is 9.20. The zero-order valence-electron chi connectivity index (χ0n) is 15.7. The second kappa shape index (κ2) is 7.09. The first-order chi connectivity index (χ1) is 12.8. The molecule has 0 saturated heterocycles. The molecule has 27 heavy (non-hydrogen) atoms. The summed E-state index contributed by atoms with van der Waals surface area (Å²) < 4.78 is 31.7. The Balaban J connectivity index is 2.09. The number of carboxylic acid groups (broad SMARTS) is 1. The molecule has 0 bridgehead atoms. The topological polar surface area (TPSA) is 80.7 Å². The lowest BCUT2D eigenvalue weighted by Crippen LogP contribution is -2.28. The average Bonchev–Trinajstić information content (AvgIpc) is 3.33. The van der Waals surface area contributed by atoms with E-state index in [9.17, 15) is 18.3 Å². The van der Waals surface area contributed by atoms with E-state index in [1.807, 2.05) is 38.1 Å². The Morgan fingerprint density at radius 2 is 1.70 bits per heavy atom. The molecule has 1 aliphatic carbocycles. The van der Waals surface area contributed by atoms with Crippen LogP contribution in [0.15, 0.2) is 53.4 Å². The van der Waals surface area contributed by atoms with Gasteiger partial charge in [-0.15, -0.1) is 0 Å². The number of ether oxygens (including phenoxy) is 1. The largest absolute Gasteiger partial charge is 0.481 e. The lowest BCUT2D eigenvalue weighted by atomic mass is 9.99. The van der Waals surface area contributed by atoms with Crippen LogP contribution in [0.5, 0.6) is 0 Å². The molecule has 3 atom stereocenters. The summed E-state index contributed by atoms with van der Waals surface area (Å²) >= 11 is 0. The summed E-state index contributed by atoms with van der Waals surface area (Å²) in [5, 5.41) is 8.89. The quantitative estimate of drug-likeness (QED) is 0.788. The highest BCUT2D eigenvalue weighted by Gasteiger charge is 2.76. The second-order valence-electron chi connectivity index (χ2n) is 7.13. The van der Waals surface area contributed by atoms with E-state index in [2.05, 4.69) is 0 Å². The molecular weight excluding hydrogens is 364 g/mol. The first-order valence-corrected chi connectivity index (χ1v) is 10.5. The van der Waals surface area contributed by atoms with Crippen molar-refractivity contribution in [1.82, 2.24) is 0 Å². The molecule has 1 N–H and O–H groups in total. The first kappa shape index (κ1) is 19.6. The van der Waals surface area contributed by atoms with Gasteiger partial charge in [-0.25, -0.2) is 8.42 Å². The number of aliphatic carboxylic acids is 1. The van der Waals surface area contributed by atoms with E-state index in [-0.39, 0.29) is 11.5 Å². The maximum atomic E-state index is 13.3. The molecule has 1 aliphatic rings. The number of methoxy groups -OCH3 is 1. The van der Waals surface area contributed by atoms with Gasteiger partial charge < -0.3 is 9.84 Å². The number of carbonyl (C=O) groups is 1. The summed E-state index contributed by atoms with van der Waals surface area (Å²) in [6.07, 6.45) is 0.859. The highest BCUT2D eigenvalue weighted by molar-refractivity contribution is 7.92. The van der Waals surface area contributed by atoms with Crippen LogP contribution in [-0.2, 0) is 25.8 Å². The number of aryl methyl sites for hydroxylation is 2. The van der Waals surface area contributed by atoms with Crippen molar-refractivity contribution in [3.63, 3.8) is 0 Å². The highest BCUT2D eigenvalue weighted by atomic mass is 32.2. The van der Waals surface area contributed by atoms with Crippen LogP contribution in [0.2, 0.25) is 0 Å². The minimum Gasteiger partial charge on any atom is -0.481 e. The van der Waals surface area contributed by atoms with Gasteiger partial charge in [0.25, 0.3) is 0 Å². The molecule has 2 aromatic rings. The molecule has 0 heterocycles. The Labute approximate surface area is 159 Å². The fourth-order valence-corrected chi connectivity index (χ4v) is 6.25. The van der Waals surface area contributed by atoms with Gasteiger partial charge in [-0.05, 0) is 36.6 Å². The SMILES string of the molecule is CCc1ccc([C@H]2[C@@H](S(=O)(=O)c3ccc(C)cc3)[C@@]2(COC)C(=O)O)cc1. The molecule has 3 rings (SSSR count). The molecule has 0 aliphatic heterocycles. The third-order valence-corrected chi connectivity index (χ3v) is 7.76. The normalized spacial score (nSPS) is 24.6. The van der Waals surface area contributed by atoms with Crippen molar-refractivity contribution in [2.45, 2.75) is 36.3 Å². The smallest absolute Gasteiger partial charge is 0.314 e. The van der Waals surface area contributed by atoms with Crippen LogP contribution >= 0.6 is 0 Å². The number of hydrogen-bond acceptors (Lipinski definition) is 4. The summed E-state index contributed by atoms with van der Waals surface area (Å²) in [6, 6.07) is 14.0. The van der Waals surface area contributed by atoms with Gasteiger partial charge >= 0.3 is 5.97 Å². The van der Waals surface area contributed by atoms with E-state index in [0.29, 0.717) is 5.56 Å². The molecule has 0 aromatic heterocycles. The molecule has 1 fully saturated rings. The predicted molar refractivity (Wildman–Crippen MR) is 103 cm³/mol. The summed E-state index contributed by atoms with van der Waals surface area (Å²) in [7, 11) is -2.43. The standard InChI is InChI=1S/C21H24O5S/c1-4-15-7-9-16(10-8-15)18-19(21(18,13-26-3)20(22)23)27(24,25)17-11-5-14(2)6-12-17/h5-12,18-19H,4,13H2,1-3H3,(H,22,23)/t18-,19+,21-/m0/s1. The molecule has 0 radical (unpaired) electrons. The number of sulfone groups is 1. The Morgan fingerprint density at radius 3 is 2.19 bits per heavy atom. The van der Waals surface area contributed by atoms with E-state index in [1.54, 1.807) is 24.3 Å². The van der Waals surface area contributed by atoms with Gasteiger partial charge in [0.05, 0.1) is 16.8 Å². The molecule has 0 spiro atoms. The molecule has 5 nitrogen and oxygen atoms in total. The minimum atomic E-state index is -3.83. The van der Waals surface area contributed by atoms with E-state index >= 15 is 0 Å². The van der Waals surface area contributed by atoms with Crippen molar-refractivity contribution < 1.29 is 23.1 Å². The van der Waals surface area contributed by atoms with Crippen LogP contribution in [-0.4, -0.2) is 38.5 Å². The van der Waals surface area contributed by atoms with E-state index in [1.165, 1.54) is 7.11 Å². The minimum absolute atomic E-state index is 0.146. The Kier molecular flexibility index (Phi) is 5.14. The zero-order valence-corrected chi connectivity index (χ0v) is 16.5. The predicted octanol–water partition coefficient (Wildman–Crippen LogP) is 3.21. The van der Waals surface area contributed by atoms with Gasteiger partial charge in [-0.1, -0.05) is 48.9 Å². The van der Waals surface area contributed by atoms with Crippen LogP contribution in [0.3, 0.4) is 0 Å². The molecule has 6 heteroatoms. The summed E-state index contributed by atoms with van der Waals surface area (Å²) in [5.74, 6) is -1.79. The first-order valence-electron chi connectivity index (χ1n) is 8.90. The van der Waals surface area contributed by atoms with Gasteiger partial charge in [-0.2, -0.15) is 0 Å². The van der Waals surface area contributed by atoms with E-state index < -0.39 is 32.4 Å². The van der Waals surface area contributed by atoms with Crippen LogP contribution in [0.25, 0.3) is 0 Å². The summed E-state index contributed by atoms with van der Waals surface area (Å²) in [5.41, 5.74) is 1.29. The van der Waals surface area contributed by atoms with Crippen molar-refractivity contribution in [3.8, 4) is 0 Å². The highest BCUT2D eigenvalue weighted by Crippen LogP contribution is 2.64. The van der Waals surface area contributed by atoms with Crippen LogP contribution in [0, 0.1) is 12.3 Å². The maximum absolute atomic E-state index is 13.3. The van der Waals surface area contributed by atoms with Crippen molar-refractivity contribution in [2.24, 2.45) is 5.41 Å². The van der Waals surface area contributed by atoms with Crippen LogP contribution in [0.4, 0.5) is 0 Å². The molecule has 0 amide bonds. The van der Waals surface area contributed by atoms with Crippen LogP contribution in [0.1, 0.15) is 29.5 Å². The molecule has 0 unspecified atom stereocenters. The third-order valence-electron chi connectivity index (χ3n) is 5.47. The molecular formula is C21H24O5S. The maximum Gasteiger partial charge on any atom is 0.314 e. The van der Waals surface area contributed by atoms with E-state index in [4.69, 9.17) is 4.74 Å². The Morgan fingerprint density at radius 1 is 1.11 bits per heavy atom. The number of hydrogen-bond donors (Lipinski definition) is 1.